The Morgan fingerprint density at radius 2 is 1.80 bits per heavy atom. The monoisotopic (exact) mass is 286 g/mol. The van der Waals surface area contributed by atoms with Crippen LogP contribution in [0.1, 0.15) is 42.3 Å². The van der Waals surface area contributed by atoms with Gasteiger partial charge in [-0.2, -0.15) is 0 Å². The Balaban J connectivity index is 2.05. The molecule has 3 heteroatoms. The number of Topliss-reactive ketones (excluding diaryl/α,β-unsaturated/α-hetero) is 2. The molecule has 2 nitrogen and oxygen atoms in total. The second-order valence-electron chi connectivity index (χ2n) is 4.78. The van der Waals surface area contributed by atoms with E-state index in [0.717, 1.165) is 30.4 Å². The van der Waals surface area contributed by atoms with Crippen LogP contribution in [0.3, 0.4) is 0 Å². The van der Waals surface area contributed by atoms with E-state index in [-0.39, 0.29) is 11.6 Å². The molecule has 0 aliphatic heterocycles. The molecular weight excluding hydrogens is 268 g/mol. The predicted molar refractivity (Wildman–Crippen MR) is 83.2 cm³/mol. The largest absolute Gasteiger partial charge is 0.290 e. The lowest BCUT2D eigenvalue weighted by Crippen LogP contribution is -2.12. The van der Waals surface area contributed by atoms with Gasteiger partial charge in [0.05, 0.1) is 4.88 Å². The fraction of sp³-hybridized carbons (Fsp3) is 0.294. The molecule has 0 bridgehead atoms. The summed E-state index contributed by atoms with van der Waals surface area (Å²) >= 11 is 1.35. The van der Waals surface area contributed by atoms with Gasteiger partial charge in [-0.15, -0.1) is 11.3 Å². The van der Waals surface area contributed by atoms with Gasteiger partial charge in [-0.05, 0) is 29.0 Å². The van der Waals surface area contributed by atoms with Crippen molar-refractivity contribution in [2.75, 3.05) is 0 Å². The predicted octanol–water partition coefficient (Wildman–Crippen LogP) is 4.75. The van der Waals surface area contributed by atoms with Crippen LogP contribution in [-0.2, 0) is 4.79 Å². The summed E-state index contributed by atoms with van der Waals surface area (Å²) in [4.78, 5) is 24.4. The Hall–Kier alpha value is -1.74. The van der Waals surface area contributed by atoms with Crippen molar-refractivity contribution < 1.29 is 9.59 Å². The maximum absolute atomic E-state index is 12.0. The van der Waals surface area contributed by atoms with E-state index >= 15 is 0 Å². The molecule has 1 heterocycles. The number of thiophene rings is 1. The van der Waals surface area contributed by atoms with Crippen molar-refractivity contribution in [1.82, 2.24) is 0 Å². The first kappa shape index (κ1) is 14.7. The van der Waals surface area contributed by atoms with Crippen LogP contribution >= 0.6 is 11.3 Å². The summed E-state index contributed by atoms with van der Waals surface area (Å²) in [5.41, 5.74) is 2.07. The zero-order valence-electron chi connectivity index (χ0n) is 11.6. The highest BCUT2D eigenvalue weighted by Crippen LogP contribution is 2.26. The maximum Gasteiger partial charge on any atom is 0.238 e. The van der Waals surface area contributed by atoms with Crippen LogP contribution < -0.4 is 0 Å². The van der Waals surface area contributed by atoms with Crippen molar-refractivity contribution >= 4 is 22.9 Å². The zero-order chi connectivity index (χ0) is 14.4. The first-order valence-electron chi connectivity index (χ1n) is 6.94. The van der Waals surface area contributed by atoms with Crippen LogP contribution in [-0.4, -0.2) is 11.6 Å². The number of rotatable bonds is 7. The average Bonchev–Trinajstić information content (AvgIpc) is 2.97. The van der Waals surface area contributed by atoms with Crippen LogP contribution in [0, 0.1) is 0 Å². The maximum atomic E-state index is 12.0. The minimum Gasteiger partial charge on any atom is -0.290 e. The lowest BCUT2D eigenvalue weighted by molar-refractivity contribution is -0.115. The highest BCUT2D eigenvalue weighted by atomic mass is 32.1. The van der Waals surface area contributed by atoms with Gasteiger partial charge < -0.3 is 0 Å². The second-order valence-corrected chi connectivity index (χ2v) is 5.69. The van der Waals surface area contributed by atoms with Crippen molar-refractivity contribution in [2.24, 2.45) is 0 Å². The third-order valence-electron chi connectivity index (χ3n) is 3.19. The van der Waals surface area contributed by atoms with E-state index in [4.69, 9.17) is 0 Å². The van der Waals surface area contributed by atoms with E-state index in [2.05, 4.69) is 6.92 Å². The molecule has 0 saturated carbocycles. The number of benzene rings is 1. The fourth-order valence-corrected chi connectivity index (χ4v) is 2.90. The summed E-state index contributed by atoms with van der Waals surface area (Å²) in [5, 5.41) is 1.93. The Morgan fingerprint density at radius 3 is 2.50 bits per heavy atom. The lowest BCUT2D eigenvalue weighted by atomic mass is 10.1. The molecule has 0 unspecified atom stereocenters. The molecule has 1 aromatic heterocycles. The van der Waals surface area contributed by atoms with Gasteiger partial charge in [0, 0.05) is 6.42 Å². The Morgan fingerprint density at radius 1 is 1.05 bits per heavy atom. The third-order valence-corrected chi connectivity index (χ3v) is 4.12. The van der Waals surface area contributed by atoms with E-state index in [1.165, 1.54) is 11.3 Å². The topological polar surface area (TPSA) is 34.1 Å². The first-order valence-corrected chi connectivity index (χ1v) is 7.82. The lowest BCUT2D eigenvalue weighted by Gasteiger charge is -1.97. The molecule has 1 aromatic carbocycles. The van der Waals surface area contributed by atoms with Gasteiger partial charge >= 0.3 is 0 Å². The third kappa shape index (κ3) is 3.64. The minimum atomic E-state index is -0.340. The van der Waals surface area contributed by atoms with Crippen molar-refractivity contribution in [3.05, 3.63) is 46.7 Å². The van der Waals surface area contributed by atoms with Gasteiger partial charge in [-0.3, -0.25) is 9.59 Å². The molecule has 0 saturated heterocycles. The van der Waals surface area contributed by atoms with Gasteiger partial charge in [-0.1, -0.05) is 50.1 Å². The zero-order valence-corrected chi connectivity index (χ0v) is 12.4. The fourth-order valence-electron chi connectivity index (χ4n) is 2.02. The molecule has 0 N–H and O–H groups in total. The Kier molecular flexibility index (Phi) is 5.24. The van der Waals surface area contributed by atoms with E-state index in [9.17, 15) is 9.59 Å². The van der Waals surface area contributed by atoms with Crippen molar-refractivity contribution in [3.63, 3.8) is 0 Å². The quantitative estimate of drug-likeness (QED) is 0.418. The molecule has 0 radical (unpaired) electrons. The summed E-state index contributed by atoms with van der Waals surface area (Å²) in [7, 11) is 0. The van der Waals surface area contributed by atoms with Gasteiger partial charge in [0.25, 0.3) is 0 Å². The first-order chi connectivity index (χ1) is 9.72. The SMILES string of the molecule is CCCCCC(=O)C(=O)c1cc(-c2ccccc2)cs1. The van der Waals surface area contributed by atoms with Crippen molar-refractivity contribution in [1.29, 1.82) is 0 Å². The molecule has 104 valence electrons. The van der Waals surface area contributed by atoms with Crippen LogP contribution in [0.4, 0.5) is 0 Å². The van der Waals surface area contributed by atoms with Gasteiger partial charge in [-0.25, -0.2) is 0 Å². The Labute approximate surface area is 123 Å². The molecule has 0 fully saturated rings. The van der Waals surface area contributed by atoms with Gasteiger partial charge in [0.2, 0.25) is 11.6 Å². The molecule has 0 amide bonds. The van der Waals surface area contributed by atoms with Crippen LogP contribution in [0.2, 0.25) is 0 Å². The second kappa shape index (κ2) is 7.15. The number of unbranched alkanes of at least 4 members (excludes halogenated alkanes) is 2. The summed E-state index contributed by atoms with van der Waals surface area (Å²) < 4.78 is 0. The molecule has 0 spiro atoms. The average molecular weight is 286 g/mol. The molecule has 2 rings (SSSR count). The minimum absolute atomic E-state index is 0.264. The van der Waals surface area contributed by atoms with Crippen LogP contribution in [0.15, 0.2) is 41.8 Å². The smallest absolute Gasteiger partial charge is 0.238 e. The van der Waals surface area contributed by atoms with E-state index < -0.39 is 0 Å². The van der Waals surface area contributed by atoms with Crippen LogP contribution in [0.25, 0.3) is 11.1 Å². The number of carbonyl (C=O) groups excluding carboxylic acids is 2. The standard InChI is InChI=1S/C17H18O2S/c1-2-3-5-10-15(18)17(19)16-11-14(12-20-16)13-8-6-4-7-9-13/h4,6-9,11-12H,2-3,5,10H2,1H3. The van der Waals surface area contributed by atoms with Crippen molar-refractivity contribution in [3.8, 4) is 11.1 Å². The molecule has 0 aliphatic rings. The molecule has 2 aromatic rings. The molecule has 20 heavy (non-hydrogen) atoms. The molecule has 0 atom stereocenters. The molecule has 0 aliphatic carbocycles. The number of carbonyl (C=O) groups is 2. The molecular formula is C17H18O2S. The highest BCUT2D eigenvalue weighted by molar-refractivity contribution is 7.13. The highest BCUT2D eigenvalue weighted by Gasteiger charge is 2.17. The Bertz CT molecular complexity index is 584. The normalized spacial score (nSPS) is 10.4. The van der Waals surface area contributed by atoms with E-state index in [1.54, 1.807) is 0 Å². The number of hydrogen-bond acceptors (Lipinski definition) is 3. The van der Waals surface area contributed by atoms with E-state index in [0.29, 0.717) is 11.3 Å². The number of hydrogen-bond donors (Lipinski definition) is 0. The summed E-state index contributed by atoms with van der Waals surface area (Å²) in [6.45, 7) is 2.08. The summed E-state index contributed by atoms with van der Waals surface area (Å²) in [6.07, 6.45) is 3.22. The summed E-state index contributed by atoms with van der Waals surface area (Å²) in [5.74, 6) is -0.604. The number of ketones is 2. The van der Waals surface area contributed by atoms with Gasteiger partial charge in [0.15, 0.2) is 0 Å². The van der Waals surface area contributed by atoms with E-state index in [1.807, 2.05) is 41.8 Å². The van der Waals surface area contributed by atoms with Crippen molar-refractivity contribution in [2.45, 2.75) is 32.6 Å². The van der Waals surface area contributed by atoms with Crippen LogP contribution in [0.5, 0.6) is 0 Å². The summed E-state index contributed by atoms with van der Waals surface area (Å²) in [6, 6.07) is 11.7. The van der Waals surface area contributed by atoms with Gasteiger partial charge in [0.1, 0.15) is 0 Å².